The number of carbonyl (C=O) groups excluding carboxylic acids is 2. The van der Waals surface area contributed by atoms with E-state index in [-0.39, 0.29) is 23.4 Å². The van der Waals surface area contributed by atoms with Crippen molar-refractivity contribution in [1.82, 2.24) is 4.90 Å². The summed E-state index contributed by atoms with van der Waals surface area (Å²) >= 11 is 0. The fourth-order valence-corrected chi connectivity index (χ4v) is 2.60. The van der Waals surface area contributed by atoms with Crippen molar-refractivity contribution in [2.75, 3.05) is 20.8 Å². The fourth-order valence-electron chi connectivity index (χ4n) is 2.60. The summed E-state index contributed by atoms with van der Waals surface area (Å²) < 4.78 is 39.1. The van der Waals surface area contributed by atoms with Gasteiger partial charge in [-0.15, -0.1) is 0 Å². The number of alkyl halides is 2. The number of likely N-dealkylation sites (N-methyl/N-ethyl adjacent to an activating group) is 1. The number of carbonyl (C=O) groups is 2. The number of rotatable bonds is 9. The first-order chi connectivity index (χ1) is 14.3. The summed E-state index contributed by atoms with van der Waals surface area (Å²) in [5.74, 6) is -1.08. The normalized spacial score (nSPS) is 11.9. The number of esters is 1. The van der Waals surface area contributed by atoms with E-state index in [1.807, 2.05) is 37.3 Å². The van der Waals surface area contributed by atoms with Crippen LogP contribution in [0.3, 0.4) is 0 Å². The summed E-state index contributed by atoms with van der Waals surface area (Å²) in [6.45, 7) is -1.50. The molecule has 1 amide bonds. The average Bonchev–Trinajstić information content (AvgIpc) is 2.75. The number of halogens is 2. The number of methoxy groups -OCH3 is 1. The summed E-state index contributed by atoms with van der Waals surface area (Å²) in [6, 6.07) is 13.5. The van der Waals surface area contributed by atoms with Gasteiger partial charge in [0.05, 0.1) is 13.2 Å². The molecule has 0 saturated heterocycles. The van der Waals surface area contributed by atoms with Crippen molar-refractivity contribution in [3.63, 3.8) is 0 Å². The number of hydrogen-bond acceptors (Lipinski definition) is 5. The van der Waals surface area contributed by atoms with Gasteiger partial charge in [-0.1, -0.05) is 36.4 Å². The monoisotopic (exact) mass is 419 g/mol. The second-order valence-electron chi connectivity index (χ2n) is 6.32. The lowest BCUT2D eigenvalue weighted by molar-refractivity contribution is -0.148. The van der Waals surface area contributed by atoms with Crippen LogP contribution >= 0.6 is 0 Å². The van der Waals surface area contributed by atoms with Crippen LogP contribution in [0.25, 0.3) is 6.08 Å². The topological polar surface area (TPSA) is 65.1 Å². The first-order valence-electron chi connectivity index (χ1n) is 9.10. The van der Waals surface area contributed by atoms with Gasteiger partial charge in [-0.05, 0) is 36.3 Å². The Morgan fingerprint density at radius 2 is 1.80 bits per heavy atom. The molecule has 0 radical (unpaired) electrons. The molecule has 0 spiro atoms. The van der Waals surface area contributed by atoms with Crippen LogP contribution in [0.4, 0.5) is 8.78 Å². The second-order valence-corrected chi connectivity index (χ2v) is 6.32. The van der Waals surface area contributed by atoms with Gasteiger partial charge in [0.2, 0.25) is 0 Å². The minimum atomic E-state index is -2.98. The summed E-state index contributed by atoms with van der Waals surface area (Å²) in [7, 11) is 2.95. The van der Waals surface area contributed by atoms with Gasteiger partial charge in [0.25, 0.3) is 5.91 Å². The smallest absolute Gasteiger partial charge is 0.387 e. The molecule has 0 aliphatic carbocycles. The van der Waals surface area contributed by atoms with Crippen LogP contribution < -0.4 is 9.47 Å². The van der Waals surface area contributed by atoms with Gasteiger partial charge < -0.3 is 19.1 Å². The molecule has 0 saturated carbocycles. The maximum atomic E-state index is 12.4. The van der Waals surface area contributed by atoms with E-state index >= 15 is 0 Å². The van der Waals surface area contributed by atoms with E-state index in [0.717, 1.165) is 11.6 Å². The Labute approximate surface area is 173 Å². The molecule has 160 valence electrons. The minimum Gasteiger partial charge on any atom is -0.493 e. The molecule has 0 N–H and O–H groups in total. The fraction of sp³-hybridized carbons (Fsp3) is 0.273. The molecule has 8 heteroatoms. The molecule has 30 heavy (non-hydrogen) atoms. The highest BCUT2D eigenvalue weighted by Crippen LogP contribution is 2.29. The number of hydrogen-bond donors (Lipinski definition) is 0. The molecule has 0 unspecified atom stereocenters. The van der Waals surface area contributed by atoms with Gasteiger partial charge in [-0.2, -0.15) is 8.78 Å². The largest absolute Gasteiger partial charge is 0.493 e. The molecule has 2 aromatic rings. The predicted molar refractivity (Wildman–Crippen MR) is 107 cm³/mol. The van der Waals surface area contributed by atoms with Crippen molar-refractivity contribution in [2.24, 2.45) is 0 Å². The maximum Gasteiger partial charge on any atom is 0.387 e. The summed E-state index contributed by atoms with van der Waals surface area (Å²) in [5.41, 5.74) is 1.47. The number of amides is 1. The van der Waals surface area contributed by atoms with Gasteiger partial charge in [-0.3, -0.25) is 4.79 Å². The summed E-state index contributed by atoms with van der Waals surface area (Å²) in [5, 5.41) is 0. The van der Waals surface area contributed by atoms with Crippen molar-refractivity contribution in [1.29, 1.82) is 0 Å². The minimum absolute atomic E-state index is 0.0949. The van der Waals surface area contributed by atoms with Crippen LogP contribution in [0.5, 0.6) is 11.5 Å². The molecule has 1 atom stereocenters. The van der Waals surface area contributed by atoms with E-state index in [1.54, 1.807) is 7.05 Å². The number of ether oxygens (including phenoxy) is 3. The molecule has 0 aromatic heterocycles. The molecule has 0 fully saturated rings. The third-order valence-electron chi connectivity index (χ3n) is 4.41. The van der Waals surface area contributed by atoms with Crippen molar-refractivity contribution < 1.29 is 32.6 Å². The van der Waals surface area contributed by atoms with Crippen molar-refractivity contribution in [3.8, 4) is 11.5 Å². The Hall–Kier alpha value is -3.42. The standard InChI is InChI=1S/C22H23F2NO5/c1-15(17-7-5-4-6-8-17)25(2)20(26)14-29-21(27)12-10-16-9-11-18(30-22(23)24)19(13-16)28-3/h4-13,15,22H,14H2,1-3H3/b12-10+/t15-/m0/s1. The molecule has 2 aromatic carbocycles. The Morgan fingerprint density at radius 1 is 1.10 bits per heavy atom. The van der Waals surface area contributed by atoms with Crippen LogP contribution in [0.15, 0.2) is 54.6 Å². The molecule has 6 nitrogen and oxygen atoms in total. The summed E-state index contributed by atoms with van der Waals surface area (Å²) in [6.07, 6.45) is 2.55. The maximum absolute atomic E-state index is 12.4. The van der Waals surface area contributed by atoms with Gasteiger partial charge in [0.15, 0.2) is 18.1 Å². The van der Waals surface area contributed by atoms with E-state index in [0.29, 0.717) is 5.56 Å². The number of benzene rings is 2. The Balaban J connectivity index is 1.90. The van der Waals surface area contributed by atoms with Crippen molar-refractivity contribution >= 4 is 18.0 Å². The van der Waals surface area contributed by atoms with E-state index in [9.17, 15) is 18.4 Å². The third kappa shape index (κ3) is 6.58. The van der Waals surface area contributed by atoms with Crippen molar-refractivity contribution in [2.45, 2.75) is 19.6 Å². The molecule has 2 rings (SSSR count). The Kier molecular flexibility index (Phi) is 8.34. The van der Waals surface area contributed by atoms with Gasteiger partial charge >= 0.3 is 12.6 Å². The molecule has 0 bridgehead atoms. The first-order valence-corrected chi connectivity index (χ1v) is 9.10. The van der Waals surface area contributed by atoms with Gasteiger partial charge in [0.1, 0.15) is 0 Å². The van der Waals surface area contributed by atoms with Crippen molar-refractivity contribution in [3.05, 3.63) is 65.7 Å². The van der Waals surface area contributed by atoms with E-state index in [1.165, 1.54) is 36.3 Å². The van der Waals surface area contributed by atoms with Gasteiger partial charge in [0, 0.05) is 13.1 Å². The van der Waals surface area contributed by atoms with E-state index in [4.69, 9.17) is 9.47 Å². The van der Waals surface area contributed by atoms with Crippen LogP contribution in [0.2, 0.25) is 0 Å². The highest BCUT2D eigenvalue weighted by Gasteiger charge is 2.18. The molecular formula is C22H23F2NO5. The molecule has 0 aliphatic heterocycles. The quantitative estimate of drug-likeness (QED) is 0.453. The molecule has 0 heterocycles. The van der Waals surface area contributed by atoms with Crippen LogP contribution in [0, 0.1) is 0 Å². The van der Waals surface area contributed by atoms with Crippen LogP contribution in [0.1, 0.15) is 24.1 Å². The lowest BCUT2D eigenvalue weighted by Crippen LogP contribution is -2.33. The van der Waals surface area contributed by atoms with Crippen LogP contribution in [-0.4, -0.2) is 44.2 Å². The van der Waals surface area contributed by atoms with Gasteiger partial charge in [-0.25, -0.2) is 4.79 Å². The third-order valence-corrected chi connectivity index (χ3v) is 4.41. The van der Waals surface area contributed by atoms with E-state index < -0.39 is 19.2 Å². The zero-order valence-electron chi connectivity index (χ0n) is 16.9. The number of nitrogens with zero attached hydrogens (tertiary/aromatic N) is 1. The predicted octanol–water partition coefficient (Wildman–Crippen LogP) is 4.07. The highest BCUT2D eigenvalue weighted by atomic mass is 19.3. The molecule has 0 aliphatic rings. The first kappa shape index (κ1) is 22.9. The Bertz CT molecular complexity index is 886. The van der Waals surface area contributed by atoms with Crippen LogP contribution in [-0.2, 0) is 14.3 Å². The SMILES string of the molecule is COc1cc(/C=C/C(=O)OCC(=O)N(C)[C@@H](C)c2ccccc2)ccc1OC(F)F. The van der Waals surface area contributed by atoms with E-state index in [2.05, 4.69) is 4.74 Å². The Morgan fingerprint density at radius 3 is 2.43 bits per heavy atom. The lowest BCUT2D eigenvalue weighted by Gasteiger charge is -2.25. The highest BCUT2D eigenvalue weighted by molar-refractivity contribution is 5.89. The zero-order valence-corrected chi connectivity index (χ0v) is 16.9. The second kappa shape index (κ2) is 10.9. The zero-order chi connectivity index (χ0) is 22.1. The lowest BCUT2D eigenvalue weighted by atomic mass is 10.1. The average molecular weight is 419 g/mol. The summed E-state index contributed by atoms with van der Waals surface area (Å²) in [4.78, 5) is 25.7. The molecular weight excluding hydrogens is 396 g/mol.